The van der Waals surface area contributed by atoms with Crippen LogP contribution in [0.5, 0.6) is 0 Å². The van der Waals surface area contributed by atoms with E-state index in [9.17, 15) is 4.39 Å². The molecule has 1 unspecified atom stereocenters. The second-order valence-corrected chi connectivity index (χ2v) is 5.54. The van der Waals surface area contributed by atoms with Gasteiger partial charge < -0.3 is 16.0 Å². The minimum atomic E-state index is -0.226. The van der Waals surface area contributed by atoms with E-state index in [1.807, 2.05) is 25.1 Å². The second kappa shape index (κ2) is 9.94. The normalized spacial score (nSPS) is 13.2. The van der Waals surface area contributed by atoms with Crippen LogP contribution >= 0.6 is 24.0 Å². The lowest BCUT2D eigenvalue weighted by Gasteiger charge is -2.25. The lowest BCUT2D eigenvalue weighted by atomic mass is 10.1. The van der Waals surface area contributed by atoms with Crippen molar-refractivity contribution in [3.8, 4) is 0 Å². The third-order valence-electron chi connectivity index (χ3n) is 2.96. The number of rotatable bonds is 6. The van der Waals surface area contributed by atoms with Gasteiger partial charge in [0.1, 0.15) is 5.82 Å². The Bertz CT molecular complexity index is 449. The van der Waals surface area contributed by atoms with Gasteiger partial charge in [0.05, 0.1) is 6.04 Å². The van der Waals surface area contributed by atoms with E-state index in [0.29, 0.717) is 25.0 Å². The van der Waals surface area contributed by atoms with Crippen molar-refractivity contribution >= 4 is 29.9 Å². The first-order valence-electron chi connectivity index (χ1n) is 6.85. The quantitative estimate of drug-likeness (QED) is 0.432. The molecule has 0 saturated heterocycles. The standard InChI is InChI=1S/C15H25FN4.HI/c1-11(2)9-18-15(17)19-10-14(20(3)4)12-6-5-7-13(16)8-12;/h5-8,11,14H,9-10H2,1-4H3,(H3,17,18,19);1H. The minimum Gasteiger partial charge on any atom is -0.370 e. The van der Waals surface area contributed by atoms with Gasteiger partial charge in [0.25, 0.3) is 0 Å². The predicted octanol–water partition coefficient (Wildman–Crippen LogP) is 2.61. The molecule has 0 radical (unpaired) electrons. The van der Waals surface area contributed by atoms with E-state index in [0.717, 1.165) is 5.56 Å². The summed E-state index contributed by atoms with van der Waals surface area (Å²) in [5, 5.41) is 3.10. The summed E-state index contributed by atoms with van der Waals surface area (Å²) in [7, 11) is 3.91. The van der Waals surface area contributed by atoms with Crippen molar-refractivity contribution in [2.24, 2.45) is 16.6 Å². The predicted molar refractivity (Wildman–Crippen MR) is 97.6 cm³/mol. The minimum absolute atomic E-state index is 0. The Hall–Kier alpha value is -0.890. The molecule has 1 atom stereocenters. The maximum Gasteiger partial charge on any atom is 0.188 e. The molecular weight excluding hydrogens is 382 g/mol. The molecule has 3 N–H and O–H groups in total. The summed E-state index contributed by atoms with van der Waals surface area (Å²) < 4.78 is 13.3. The molecule has 1 aromatic rings. The van der Waals surface area contributed by atoms with Crippen LogP contribution in [0, 0.1) is 11.7 Å². The Balaban J connectivity index is 0.00000400. The van der Waals surface area contributed by atoms with Gasteiger partial charge in [-0.15, -0.1) is 24.0 Å². The SMILES string of the molecule is CC(C)CN=C(N)NCC(c1cccc(F)c1)N(C)C.I. The molecular formula is C15H26FIN4. The van der Waals surface area contributed by atoms with Crippen molar-refractivity contribution in [1.29, 1.82) is 0 Å². The molecule has 0 spiro atoms. The van der Waals surface area contributed by atoms with Crippen LogP contribution in [0.1, 0.15) is 25.5 Å². The zero-order valence-corrected chi connectivity index (χ0v) is 15.5. The number of nitrogens with two attached hydrogens (primary N) is 1. The first-order valence-corrected chi connectivity index (χ1v) is 6.85. The van der Waals surface area contributed by atoms with Gasteiger partial charge >= 0.3 is 0 Å². The van der Waals surface area contributed by atoms with Crippen LogP contribution in [-0.2, 0) is 0 Å². The maximum absolute atomic E-state index is 13.3. The van der Waals surface area contributed by atoms with Crippen molar-refractivity contribution in [3.05, 3.63) is 35.6 Å². The number of nitrogens with one attached hydrogen (secondary N) is 1. The van der Waals surface area contributed by atoms with Crippen molar-refractivity contribution in [3.63, 3.8) is 0 Å². The molecule has 0 bridgehead atoms. The van der Waals surface area contributed by atoms with E-state index in [4.69, 9.17) is 5.73 Å². The number of hydrogen-bond acceptors (Lipinski definition) is 2. The van der Waals surface area contributed by atoms with Crippen molar-refractivity contribution < 1.29 is 4.39 Å². The lowest BCUT2D eigenvalue weighted by Crippen LogP contribution is -2.38. The molecule has 0 aliphatic rings. The summed E-state index contributed by atoms with van der Waals surface area (Å²) in [5.41, 5.74) is 6.74. The highest BCUT2D eigenvalue weighted by molar-refractivity contribution is 14.0. The molecule has 0 aliphatic heterocycles. The summed E-state index contributed by atoms with van der Waals surface area (Å²) in [6.07, 6.45) is 0. The number of aliphatic imine (C=N–C) groups is 1. The van der Waals surface area contributed by atoms with Gasteiger partial charge in [-0.1, -0.05) is 26.0 Å². The number of benzene rings is 1. The number of likely N-dealkylation sites (N-methyl/N-ethyl adjacent to an activating group) is 1. The van der Waals surface area contributed by atoms with E-state index in [1.54, 1.807) is 12.1 Å². The molecule has 1 rings (SSSR count). The van der Waals surface area contributed by atoms with Crippen LogP contribution in [-0.4, -0.2) is 38.0 Å². The monoisotopic (exact) mass is 408 g/mol. The van der Waals surface area contributed by atoms with Crippen LogP contribution in [0.2, 0.25) is 0 Å². The molecule has 0 amide bonds. The van der Waals surface area contributed by atoms with E-state index in [1.165, 1.54) is 6.07 Å². The fourth-order valence-electron chi connectivity index (χ4n) is 1.85. The van der Waals surface area contributed by atoms with E-state index >= 15 is 0 Å². The van der Waals surface area contributed by atoms with Gasteiger partial charge in [-0.2, -0.15) is 0 Å². The van der Waals surface area contributed by atoms with E-state index < -0.39 is 0 Å². The van der Waals surface area contributed by atoms with Crippen molar-refractivity contribution in [2.45, 2.75) is 19.9 Å². The van der Waals surface area contributed by atoms with Gasteiger partial charge in [-0.25, -0.2) is 4.39 Å². The van der Waals surface area contributed by atoms with Gasteiger partial charge in [-0.05, 0) is 37.7 Å². The smallest absolute Gasteiger partial charge is 0.188 e. The van der Waals surface area contributed by atoms with Gasteiger partial charge in [-0.3, -0.25) is 4.99 Å². The maximum atomic E-state index is 13.3. The molecule has 0 aromatic heterocycles. The first-order chi connectivity index (χ1) is 9.40. The van der Waals surface area contributed by atoms with Gasteiger partial charge in [0.2, 0.25) is 0 Å². The van der Waals surface area contributed by atoms with Crippen LogP contribution in [0.25, 0.3) is 0 Å². The number of halogens is 2. The number of guanidine groups is 1. The molecule has 1 aromatic carbocycles. The number of nitrogens with zero attached hydrogens (tertiary/aromatic N) is 2. The Morgan fingerprint density at radius 1 is 1.38 bits per heavy atom. The van der Waals surface area contributed by atoms with Crippen LogP contribution in [0.15, 0.2) is 29.3 Å². The molecule has 120 valence electrons. The molecule has 0 aliphatic carbocycles. The summed E-state index contributed by atoms with van der Waals surface area (Å²) in [6, 6.07) is 6.67. The Kier molecular flexibility index (Phi) is 9.52. The largest absolute Gasteiger partial charge is 0.370 e. The Morgan fingerprint density at radius 3 is 2.57 bits per heavy atom. The molecule has 0 heterocycles. The van der Waals surface area contributed by atoms with Crippen LogP contribution < -0.4 is 11.1 Å². The van der Waals surface area contributed by atoms with Crippen LogP contribution in [0.4, 0.5) is 4.39 Å². The zero-order valence-electron chi connectivity index (χ0n) is 13.1. The average molecular weight is 408 g/mol. The molecule has 4 nitrogen and oxygen atoms in total. The first kappa shape index (κ1) is 20.1. The Morgan fingerprint density at radius 2 is 2.05 bits per heavy atom. The van der Waals surface area contributed by atoms with E-state index in [-0.39, 0.29) is 35.8 Å². The Labute approximate surface area is 144 Å². The van der Waals surface area contributed by atoms with Gasteiger partial charge in [0.15, 0.2) is 5.96 Å². The van der Waals surface area contributed by atoms with Crippen LogP contribution in [0.3, 0.4) is 0 Å². The topological polar surface area (TPSA) is 53.6 Å². The third-order valence-corrected chi connectivity index (χ3v) is 2.96. The highest BCUT2D eigenvalue weighted by Gasteiger charge is 2.14. The molecule has 21 heavy (non-hydrogen) atoms. The fourth-order valence-corrected chi connectivity index (χ4v) is 1.85. The van der Waals surface area contributed by atoms with Gasteiger partial charge in [0, 0.05) is 13.1 Å². The van der Waals surface area contributed by atoms with Crippen molar-refractivity contribution in [2.75, 3.05) is 27.2 Å². The average Bonchev–Trinajstić information content (AvgIpc) is 2.36. The lowest BCUT2D eigenvalue weighted by molar-refractivity contribution is 0.298. The summed E-state index contributed by atoms with van der Waals surface area (Å²) in [6.45, 7) is 5.47. The highest BCUT2D eigenvalue weighted by Crippen LogP contribution is 2.18. The molecule has 0 fully saturated rings. The summed E-state index contributed by atoms with van der Waals surface area (Å²) in [5.74, 6) is 0.681. The highest BCUT2D eigenvalue weighted by atomic mass is 127. The third kappa shape index (κ3) is 7.61. The summed E-state index contributed by atoms with van der Waals surface area (Å²) >= 11 is 0. The molecule has 0 saturated carbocycles. The number of hydrogen-bond donors (Lipinski definition) is 2. The molecule has 6 heteroatoms. The fraction of sp³-hybridized carbons (Fsp3) is 0.533. The second-order valence-electron chi connectivity index (χ2n) is 5.54. The van der Waals surface area contributed by atoms with E-state index in [2.05, 4.69) is 24.2 Å². The van der Waals surface area contributed by atoms with Crippen molar-refractivity contribution in [1.82, 2.24) is 10.2 Å². The zero-order chi connectivity index (χ0) is 15.1. The summed E-state index contributed by atoms with van der Waals surface area (Å²) in [4.78, 5) is 6.28.